The fourth-order valence-electron chi connectivity index (χ4n) is 2.84. The van der Waals surface area contributed by atoms with Crippen molar-refractivity contribution in [1.82, 2.24) is 14.5 Å². The van der Waals surface area contributed by atoms with E-state index in [0.717, 1.165) is 23.1 Å². The van der Waals surface area contributed by atoms with Crippen molar-refractivity contribution in [2.45, 2.75) is 5.16 Å². The highest BCUT2D eigenvalue weighted by Crippen LogP contribution is 2.26. The number of rotatable bonds is 6. The molecule has 4 rings (SSSR count). The van der Waals surface area contributed by atoms with Gasteiger partial charge in [-0.2, -0.15) is 0 Å². The smallest absolute Gasteiger partial charge is 0.271 e. The largest absolute Gasteiger partial charge is 0.497 e. The number of amides is 1. The van der Waals surface area contributed by atoms with Gasteiger partial charge < -0.3 is 15.0 Å². The van der Waals surface area contributed by atoms with Crippen LogP contribution in [0.5, 0.6) is 5.75 Å². The fraction of sp³-hybridized carbons (Fsp3) is 0.100. The number of halogens is 1. The Balaban J connectivity index is 1.61. The van der Waals surface area contributed by atoms with Gasteiger partial charge in [0.15, 0.2) is 14.8 Å². The summed E-state index contributed by atoms with van der Waals surface area (Å²) in [5.74, 6) is -0.170. The molecule has 1 amide bonds. The maximum absolute atomic E-state index is 13.3. The third-order valence-corrected chi connectivity index (χ3v) is 6.42. The van der Waals surface area contributed by atoms with Crippen LogP contribution in [0, 0.1) is 9.77 Å². The standard InChI is InChI=1S/C20H15FN4O3S3/c1-28-14-7-3-6-13(9-14)25-17-16(31-20(25)29)18(27)24-19(23-17)30-10-15(26)22-12-5-2-4-11(21)8-12/h2-9H,10H2,1H3,(H,22,26)(H,23,24,27). The number of hydrogen-bond donors (Lipinski definition) is 2. The molecule has 158 valence electrons. The zero-order valence-corrected chi connectivity index (χ0v) is 18.5. The van der Waals surface area contributed by atoms with Crippen LogP contribution in [0.2, 0.25) is 0 Å². The van der Waals surface area contributed by atoms with Crippen molar-refractivity contribution in [2.75, 3.05) is 18.2 Å². The number of benzene rings is 2. The molecule has 31 heavy (non-hydrogen) atoms. The molecule has 0 spiro atoms. The summed E-state index contributed by atoms with van der Waals surface area (Å²) in [7, 11) is 1.57. The van der Waals surface area contributed by atoms with E-state index < -0.39 is 5.82 Å². The highest BCUT2D eigenvalue weighted by atomic mass is 32.2. The predicted octanol–water partition coefficient (Wildman–Crippen LogP) is 4.38. The number of fused-ring (bicyclic) bond motifs is 1. The third kappa shape index (κ3) is 4.68. The first-order valence-corrected chi connectivity index (χ1v) is 11.1. The Kier molecular flexibility index (Phi) is 6.16. The minimum atomic E-state index is -0.443. The van der Waals surface area contributed by atoms with Crippen LogP contribution in [0.25, 0.3) is 16.0 Å². The molecule has 0 aliphatic rings. The molecule has 0 aliphatic carbocycles. The van der Waals surface area contributed by atoms with Gasteiger partial charge in [0.05, 0.1) is 18.6 Å². The van der Waals surface area contributed by atoms with E-state index in [-0.39, 0.29) is 22.4 Å². The molecule has 0 aliphatic heterocycles. The molecule has 2 N–H and O–H groups in total. The molecule has 2 aromatic carbocycles. The van der Waals surface area contributed by atoms with Gasteiger partial charge >= 0.3 is 0 Å². The highest BCUT2D eigenvalue weighted by Gasteiger charge is 2.15. The summed E-state index contributed by atoms with van der Waals surface area (Å²) in [6, 6.07) is 12.9. The molecule has 0 bridgehead atoms. The van der Waals surface area contributed by atoms with E-state index in [0.29, 0.717) is 31.4 Å². The molecule has 0 saturated heterocycles. The molecule has 2 aromatic heterocycles. The number of nitrogens with one attached hydrogen (secondary N) is 2. The van der Waals surface area contributed by atoms with Crippen LogP contribution in [-0.2, 0) is 4.79 Å². The Bertz CT molecular complexity index is 1400. The number of carbonyl (C=O) groups is 1. The zero-order chi connectivity index (χ0) is 22.0. The van der Waals surface area contributed by atoms with Crippen molar-refractivity contribution in [1.29, 1.82) is 0 Å². The molecular weight excluding hydrogens is 459 g/mol. The van der Waals surface area contributed by atoms with E-state index in [1.165, 1.54) is 18.2 Å². The lowest BCUT2D eigenvalue weighted by Gasteiger charge is -2.08. The number of H-pyrrole nitrogens is 1. The van der Waals surface area contributed by atoms with Crippen molar-refractivity contribution in [3.63, 3.8) is 0 Å². The number of aromatic nitrogens is 3. The average Bonchev–Trinajstić information content (AvgIpc) is 3.09. The maximum atomic E-state index is 13.3. The summed E-state index contributed by atoms with van der Waals surface area (Å²) in [5.41, 5.74) is 1.14. The number of thiazole rings is 1. The van der Waals surface area contributed by atoms with E-state index in [4.69, 9.17) is 17.0 Å². The molecule has 4 aromatic rings. The van der Waals surface area contributed by atoms with Gasteiger partial charge in [0.2, 0.25) is 5.91 Å². The fourth-order valence-corrected chi connectivity index (χ4v) is 4.76. The second kappa shape index (κ2) is 9.00. The minimum absolute atomic E-state index is 0.0189. The third-order valence-electron chi connectivity index (χ3n) is 4.18. The number of hydrogen-bond acceptors (Lipinski definition) is 7. The molecule has 11 heteroatoms. The van der Waals surface area contributed by atoms with Gasteiger partial charge in [-0.05, 0) is 42.5 Å². The van der Waals surface area contributed by atoms with Crippen molar-refractivity contribution in [2.24, 2.45) is 0 Å². The summed E-state index contributed by atoms with van der Waals surface area (Å²) in [6.07, 6.45) is 0. The van der Waals surface area contributed by atoms with Gasteiger partial charge in [-0.25, -0.2) is 9.37 Å². The number of ether oxygens (including phenoxy) is 1. The highest BCUT2D eigenvalue weighted by molar-refractivity contribution is 7.99. The molecule has 2 heterocycles. The van der Waals surface area contributed by atoms with Crippen molar-refractivity contribution < 1.29 is 13.9 Å². The Morgan fingerprint density at radius 3 is 2.90 bits per heavy atom. The molecule has 0 radical (unpaired) electrons. The Hall–Kier alpha value is -3.02. The summed E-state index contributed by atoms with van der Waals surface area (Å²) in [5, 5.41) is 2.88. The van der Waals surface area contributed by atoms with E-state index in [1.807, 2.05) is 12.1 Å². The van der Waals surface area contributed by atoms with E-state index in [2.05, 4.69) is 15.3 Å². The number of anilines is 1. The van der Waals surface area contributed by atoms with E-state index >= 15 is 0 Å². The van der Waals surface area contributed by atoms with Gasteiger partial charge in [0.25, 0.3) is 5.56 Å². The maximum Gasteiger partial charge on any atom is 0.271 e. The Labute approximate surface area is 188 Å². The quantitative estimate of drug-likeness (QED) is 0.245. The molecule has 7 nitrogen and oxygen atoms in total. The van der Waals surface area contributed by atoms with Gasteiger partial charge in [0, 0.05) is 11.8 Å². The first-order valence-electron chi connectivity index (χ1n) is 8.93. The molecule has 0 saturated carbocycles. The summed E-state index contributed by atoms with van der Waals surface area (Å²) in [4.78, 5) is 32.0. The van der Waals surface area contributed by atoms with E-state index in [1.54, 1.807) is 29.9 Å². The monoisotopic (exact) mass is 474 g/mol. The number of methoxy groups -OCH3 is 1. The van der Waals surface area contributed by atoms with Gasteiger partial charge in [0.1, 0.15) is 16.3 Å². The molecular formula is C20H15FN4O3S3. The predicted molar refractivity (Wildman–Crippen MR) is 123 cm³/mol. The Morgan fingerprint density at radius 1 is 1.32 bits per heavy atom. The summed E-state index contributed by atoms with van der Waals surface area (Å²) >= 11 is 7.67. The first kappa shape index (κ1) is 21.2. The van der Waals surface area contributed by atoms with Crippen LogP contribution in [0.1, 0.15) is 0 Å². The lowest BCUT2D eigenvalue weighted by molar-refractivity contribution is -0.113. The first-order chi connectivity index (χ1) is 14.9. The van der Waals surface area contributed by atoms with Crippen molar-refractivity contribution >= 4 is 57.3 Å². The van der Waals surface area contributed by atoms with Crippen LogP contribution in [0.3, 0.4) is 0 Å². The van der Waals surface area contributed by atoms with Crippen LogP contribution in [0.4, 0.5) is 10.1 Å². The van der Waals surface area contributed by atoms with Gasteiger partial charge in [-0.15, -0.1) is 0 Å². The Morgan fingerprint density at radius 2 is 2.13 bits per heavy atom. The molecule has 0 unspecified atom stereocenters. The molecule has 0 fully saturated rings. The van der Waals surface area contributed by atoms with Crippen LogP contribution in [0.15, 0.2) is 58.5 Å². The number of aromatic amines is 1. The summed E-state index contributed by atoms with van der Waals surface area (Å²) < 4.78 is 21.1. The van der Waals surface area contributed by atoms with Crippen LogP contribution < -0.4 is 15.6 Å². The normalized spacial score (nSPS) is 10.9. The van der Waals surface area contributed by atoms with Gasteiger partial charge in [-0.3, -0.25) is 14.2 Å². The number of carbonyl (C=O) groups excluding carboxylic acids is 1. The van der Waals surface area contributed by atoms with Crippen molar-refractivity contribution in [3.05, 3.63) is 68.7 Å². The number of nitrogens with zero attached hydrogens (tertiary/aromatic N) is 2. The second-order valence-corrected chi connectivity index (χ2v) is 8.88. The van der Waals surface area contributed by atoms with Crippen molar-refractivity contribution in [3.8, 4) is 11.4 Å². The SMILES string of the molecule is COc1cccc(-n2c(=S)sc3c(=O)[nH]c(SCC(=O)Nc4cccc(F)c4)nc32)c1. The van der Waals surface area contributed by atoms with E-state index in [9.17, 15) is 14.0 Å². The zero-order valence-electron chi connectivity index (χ0n) is 16.0. The number of thioether (sulfide) groups is 1. The lowest BCUT2D eigenvalue weighted by Crippen LogP contribution is -2.15. The van der Waals surface area contributed by atoms with Crippen LogP contribution >= 0.6 is 35.3 Å². The second-order valence-electron chi connectivity index (χ2n) is 6.28. The average molecular weight is 475 g/mol. The molecule has 0 atom stereocenters. The topological polar surface area (TPSA) is 89.0 Å². The lowest BCUT2D eigenvalue weighted by atomic mass is 10.3. The summed E-state index contributed by atoms with van der Waals surface area (Å²) in [6.45, 7) is 0. The van der Waals surface area contributed by atoms with Crippen LogP contribution in [-0.4, -0.2) is 33.3 Å². The van der Waals surface area contributed by atoms with Gasteiger partial charge in [-0.1, -0.05) is 35.2 Å². The minimum Gasteiger partial charge on any atom is -0.497 e.